The van der Waals surface area contributed by atoms with Crippen LogP contribution in [0.25, 0.3) is 11.4 Å². The van der Waals surface area contributed by atoms with Crippen molar-refractivity contribution in [3.05, 3.63) is 128 Å². The summed E-state index contributed by atoms with van der Waals surface area (Å²) in [6.07, 6.45) is 0. The third-order valence-electron chi connectivity index (χ3n) is 7.58. The first-order valence-corrected chi connectivity index (χ1v) is 14.1. The molecule has 0 radical (unpaired) electrons. The lowest BCUT2D eigenvalue weighted by Crippen LogP contribution is -2.26. The van der Waals surface area contributed by atoms with Crippen LogP contribution in [0.4, 0.5) is 5.69 Å². The molecule has 8 nitrogen and oxygen atoms in total. The molecule has 0 atom stereocenters. The molecule has 2 N–H and O–H groups in total. The summed E-state index contributed by atoms with van der Waals surface area (Å²) in [6, 6.07) is 25.0. The molecular weight excluding hydrogens is 514 g/mol. The molecule has 2 heterocycles. The number of anilines is 1. The van der Waals surface area contributed by atoms with Crippen LogP contribution >= 0.6 is 0 Å². The Kier molecular flexibility index (Phi) is 8.01. The molecule has 41 heavy (non-hydrogen) atoms. The summed E-state index contributed by atoms with van der Waals surface area (Å²) in [5.74, 6) is -0.0239. The summed E-state index contributed by atoms with van der Waals surface area (Å²) in [5.41, 5.74) is 5.20. The van der Waals surface area contributed by atoms with Crippen molar-refractivity contribution >= 4 is 5.69 Å². The van der Waals surface area contributed by atoms with Gasteiger partial charge in [0, 0.05) is 41.8 Å². The zero-order valence-corrected chi connectivity index (χ0v) is 24.3. The first-order chi connectivity index (χ1) is 19.9. The van der Waals surface area contributed by atoms with Gasteiger partial charge >= 0.3 is 0 Å². The summed E-state index contributed by atoms with van der Waals surface area (Å²) in [5, 5.41) is 6.52. The average molecular weight is 552 g/mol. The molecule has 2 aromatic heterocycles. The molecule has 0 spiro atoms. The highest BCUT2D eigenvalue weighted by molar-refractivity contribution is 5.59. The molecular formula is C33H37N5O3. The molecule has 0 saturated carbocycles. The number of H-pyrrole nitrogens is 2. The van der Waals surface area contributed by atoms with Crippen molar-refractivity contribution in [3.8, 4) is 17.1 Å². The maximum atomic E-state index is 14.2. The SMILES string of the molecule is CCOc1cc(N(CC)CC)ccc1C(c1c(C)[nH]n(-c2ccccc2)c1=O)c1c(C)[nH]n(-c2ccccc2)c1=O. The van der Waals surface area contributed by atoms with Crippen LogP contribution < -0.4 is 20.8 Å². The van der Waals surface area contributed by atoms with E-state index in [0.29, 0.717) is 34.9 Å². The number of aromatic nitrogens is 4. The Bertz CT molecular complexity index is 1640. The highest BCUT2D eigenvalue weighted by atomic mass is 16.5. The molecule has 0 amide bonds. The van der Waals surface area contributed by atoms with Gasteiger partial charge < -0.3 is 9.64 Å². The Balaban J connectivity index is 1.80. The number of hydrogen-bond acceptors (Lipinski definition) is 4. The molecule has 0 fully saturated rings. The van der Waals surface area contributed by atoms with Crippen LogP contribution in [-0.4, -0.2) is 39.3 Å². The number of hydrogen-bond donors (Lipinski definition) is 2. The predicted molar refractivity (Wildman–Crippen MR) is 164 cm³/mol. The Morgan fingerprint density at radius 3 is 1.66 bits per heavy atom. The van der Waals surface area contributed by atoms with E-state index in [4.69, 9.17) is 4.74 Å². The summed E-state index contributed by atoms with van der Waals surface area (Å²) in [7, 11) is 0. The van der Waals surface area contributed by atoms with Crippen molar-refractivity contribution in [2.45, 2.75) is 40.5 Å². The van der Waals surface area contributed by atoms with E-state index in [1.165, 1.54) is 0 Å². The van der Waals surface area contributed by atoms with Crippen LogP contribution in [-0.2, 0) is 0 Å². The highest BCUT2D eigenvalue weighted by Gasteiger charge is 2.33. The van der Waals surface area contributed by atoms with Crippen molar-refractivity contribution in [1.29, 1.82) is 0 Å². The molecule has 0 saturated heterocycles. The van der Waals surface area contributed by atoms with E-state index in [9.17, 15) is 9.59 Å². The molecule has 8 heteroatoms. The molecule has 5 rings (SSSR count). The third-order valence-corrected chi connectivity index (χ3v) is 7.58. The number of aromatic amines is 2. The van der Waals surface area contributed by atoms with Crippen LogP contribution in [0.2, 0.25) is 0 Å². The number of aryl methyl sites for hydroxylation is 2. The van der Waals surface area contributed by atoms with E-state index in [1.54, 1.807) is 9.36 Å². The van der Waals surface area contributed by atoms with Gasteiger partial charge in [0.25, 0.3) is 11.1 Å². The normalized spacial score (nSPS) is 11.3. The summed E-state index contributed by atoms with van der Waals surface area (Å²) >= 11 is 0. The van der Waals surface area contributed by atoms with Crippen LogP contribution in [0.5, 0.6) is 5.75 Å². The maximum absolute atomic E-state index is 14.2. The van der Waals surface area contributed by atoms with Crippen molar-refractivity contribution in [2.75, 3.05) is 24.6 Å². The minimum absolute atomic E-state index is 0.208. The van der Waals surface area contributed by atoms with Crippen LogP contribution in [0.1, 0.15) is 54.8 Å². The average Bonchev–Trinajstić information content (AvgIpc) is 3.46. The smallest absolute Gasteiger partial charge is 0.275 e. The highest BCUT2D eigenvalue weighted by Crippen LogP contribution is 2.39. The number of benzene rings is 3. The van der Waals surface area contributed by atoms with E-state index < -0.39 is 5.92 Å². The quantitative estimate of drug-likeness (QED) is 0.234. The Morgan fingerprint density at radius 1 is 0.732 bits per heavy atom. The van der Waals surface area contributed by atoms with Gasteiger partial charge in [-0.25, -0.2) is 9.36 Å². The molecule has 0 aliphatic carbocycles. The van der Waals surface area contributed by atoms with Crippen molar-refractivity contribution in [1.82, 2.24) is 19.6 Å². The number of ether oxygens (including phenoxy) is 1. The number of nitrogens with zero attached hydrogens (tertiary/aromatic N) is 3. The predicted octanol–water partition coefficient (Wildman–Crippen LogP) is 5.69. The molecule has 5 aromatic rings. The van der Waals surface area contributed by atoms with Gasteiger partial charge in [-0.05, 0) is 65.0 Å². The second kappa shape index (κ2) is 11.8. The zero-order valence-electron chi connectivity index (χ0n) is 24.3. The van der Waals surface area contributed by atoms with Gasteiger partial charge in [-0.15, -0.1) is 0 Å². The van der Waals surface area contributed by atoms with E-state index in [-0.39, 0.29) is 11.1 Å². The second-order valence-electron chi connectivity index (χ2n) is 10.0. The first kappa shape index (κ1) is 27.8. The van der Waals surface area contributed by atoms with Crippen molar-refractivity contribution < 1.29 is 4.74 Å². The standard InChI is InChI=1S/C33H37N5O3/c1-6-36(7-2)26-19-20-27(28(21-26)41-8-3)31(29-22(4)34-37(32(29)39)24-15-11-9-12-16-24)30-23(5)35-38(33(30)40)25-17-13-10-14-18-25/h9-21,31,34-35H,6-8H2,1-5H3. The molecule has 212 valence electrons. The number of nitrogens with one attached hydrogen (secondary N) is 2. The number of para-hydroxylation sites is 2. The number of rotatable bonds is 10. The van der Waals surface area contributed by atoms with Gasteiger partial charge in [-0.1, -0.05) is 42.5 Å². The maximum Gasteiger partial charge on any atom is 0.275 e. The fourth-order valence-electron chi connectivity index (χ4n) is 5.60. The van der Waals surface area contributed by atoms with Gasteiger partial charge in [-0.2, -0.15) is 0 Å². The van der Waals surface area contributed by atoms with E-state index in [0.717, 1.165) is 35.7 Å². The minimum atomic E-state index is -0.676. The van der Waals surface area contributed by atoms with Gasteiger partial charge in [0.05, 0.1) is 35.0 Å². The fraction of sp³-hybridized carbons (Fsp3) is 0.273. The van der Waals surface area contributed by atoms with Gasteiger partial charge in [0.15, 0.2) is 0 Å². The fourth-order valence-corrected chi connectivity index (χ4v) is 5.60. The third kappa shape index (κ3) is 5.13. The Hall–Kier alpha value is -4.72. The first-order valence-electron chi connectivity index (χ1n) is 14.1. The molecule has 0 aliphatic rings. The van der Waals surface area contributed by atoms with Crippen LogP contribution in [0, 0.1) is 13.8 Å². The largest absolute Gasteiger partial charge is 0.493 e. The summed E-state index contributed by atoms with van der Waals surface area (Å²) in [4.78, 5) is 30.6. The molecule has 0 bridgehead atoms. The lowest BCUT2D eigenvalue weighted by molar-refractivity contribution is 0.336. The van der Waals surface area contributed by atoms with Crippen LogP contribution in [0.3, 0.4) is 0 Å². The lowest BCUT2D eigenvalue weighted by Gasteiger charge is -2.25. The molecule has 0 aliphatic heterocycles. The summed E-state index contributed by atoms with van der Waals surface area (Å²) < 4.78 is 9.30. The van der Waals surface area contributed by atoms with E-state index in [1.807, 2.05) is 99.6 Å². The van der Waals surface area contributed by atoms with Gasteiger partial charge in [0.1, 0.15) is 5.75 Å². The monoisotopic (exact) mass is 551 g/mol. The topological polar surface area (TPSA) is 88.0 Å². The summed E-state index contributed by atoms with van der Waals surface area (Å²) in [6.45, 7) is 12.1. The lowest BCUT2D eigenvalue weighted by atomic mass is 9.84. The van der Waals surface area contributed by atoms with Crippen LogP contribution in [0.15, 0.2) is 88.5 Å². The van der Waals surface area contributed by atoms with E-state index >= 15 is 0 Å². The zero-order chi connectivity index (χ0) is 29.1. The minimum Gasteiger partial charge on any atom is -0.493 e. The Labute approximate surface area is 239 Å². The Morgan fingerprint density at radius 2 is 1.22 bits per heavy atom. The van der Waals surface area contributed by atoms with Gasteiger partial charge in [0.2, 0.25) is 0 Å². The second-order valence-corrected chi connectivity index (χ2v) is 10.0. The molecule has 3 aromatic carbocycles. The van der Waals surface area contributed by atoms with E-state index in [2.05, 4.69) is 28.9 Å². The van der Waals surface area contributed by atoms with Gasteiger partial charge in [-0.3, -0.25) is 19.8 Å². The molecule has 0 unspecified atom stereocenters. The van der Waals surface area contributed by atoms with Crippen molar-refractivity contribution in [2.24, 2.45) is 0 Å². The van der Waals surface area contributed by atoms with Crippen molar-refractivity contribution in [3.63, 3.8) is 0 Å².